The predicted octanol–water partition coefficient (Wildman–Crippen LogP) is 2.85. The fourth-order valence-electron chi connectivity index (χ4n) is 3.47. The molecule has 8 nitrogen and oxygen atoms in total. The second-order valence-corrected chi connectivity index (χ2v) is 8.35. The molecule has 1 aliphatic rings. The molecule has 0 bridgehead atoms. The standard InChI is InChI=1S/C20H25BrN4O4/c1-11(2)17(24-20(28)29-3)19(27)25-10-14(26)8-16(25)18-22-9-15(23-18)12-4-6-13(21)7-5-12/h4-7,9,11,14,16-17,26H,8,10H2,1-3H3,(H,22,23)(H,24,28)/t14-,16-,17-/m0/s1. The monoisotopic (exact) mass is 464 g/mol. The molecule has 2 aromatic rings. The molecule has 1 aromatic carbocycles. The Bertz CT molecular complexity index is 868. The van der Waals surface area contributed by atoms with Crippen LogP contribution in [0.3, 0.4) is 0 Å². The molecule has 2 amide bonds. The number of imidazole rings is 1. The lowest BCUT2D eigenvalue weighted by atomic mass is 10.0. The molecular weight excluding hydrogens is 440 g/mol. The molecule has 3 rings (SSSR count). The van der Waals surface area contributed by atoms with Crippen molar-refractivity contribution in [3.63, 3.8) is 0 Å². The SMILES string of the molecule is COC(=O)N[C@H](C(=O)N1C[C@@H](O)C[C@H]1c1nc(-c2ccc(Br)cc2)c[nH]1)C(C)C. The molecule has 3 atom stereocenters. The number of benzene rings is 1. The highest BCUT2D eigenvalue weighted by Gasteiger charge is 2.40. The normalized spacial score (nSPS) is 20.0. The summed E-state index contributed by atoms with van der Waals surface area (Å²) in [5.41, 5.74) is 1.70. The van der Waals surface area contributed by atoms with Crippen molar-refractivity contribution >= 4 is 27.9 Å². The summed E-state index contributed by atoms with van der Waals surface area (Å²) in [6, 6.07) is 6.62. The summed E-state index contributed by atoms with van der Waals surface area (Å²) in [5.74, 6) is 0.192. The number of β-amino-alcohol motifs (C(OH)–C–C–N with tert-alkyl or cyclic N) is 1. The maximum absolute atomic E-state index is 13.2. The highest BCUT2D eigenvalue weighted by molar-refractivity contribution is 9.10. The molecule has 9 heteroatoms. The van der Waals surface area contributed by atoms with Crippen molar-refractivity contribution in [3.8, 4) is 11.3 Å². The summed E-state index contributed by atoms with van der Waals surface area (Å²) in [7, 11) is 1.26. The van der Waals surface area contributed by atoms with Crippen molar-refractivity contribution in [1.29, 1.82) is 0 Å². The summed E-state index contributed by atoms with van der Waals surface area (Å²) in [5, 5.41) is 12.8. The maximum Gasteiger partial charge on any atom is 0.407 e. The number of carbonyl (C=O) groups is 2. The van der Waals surface area contributed by atoms with Gasteiger partial charge in [-0.25, -0.2) is 9.78 Å². The number of methoxy groups -OCH3 is 1. The molecule has 0 radical (unpaired) electrons. The van der Waals surface area contributed by atoms with Crippen molar-refractivity contribution < 1.29 is 19.4 Å². The first-order valence-corrected chi connectivity index (χ1v) is 10.2. The van der Waals surface area contributed by atoms with Gasteiger partial charge in [0.05, 0.1) is 24.9 Å². The summed E-state index contributed by atoms with van der Waals surface area (Å²) in [6.45, 7) is 3.88. The van der Waals surface area contributed by atoms with Gasteiger partial charge in [-0.1, -0.05) is 41.9 Å². The van der Waals surface area contributed by atoms with Crippen molar-refractivity contribution in [2.45, 2.75) is 38.5 Å². The van der Waals surface area contributed by atoms with Gasteiger partial charge in [-0.3, -0.25) is 4.79 Å². The van der Waals surface area contributed by atoms with Crippen LogP contribution in [-0.2, 0) is 9.53 Å². The van der Waals surface area contributed by atoms with Crippen molar-refractivity contribution in [3.05, 3.63) is 40.8 Å². The summed E-state index contributed by atoms with van der Waals surface area (Å²) in [6.07, 6.45) is 0.848. The van der Waals surface area contributed by atoms with Gasteiger partial charge in [0.25, 0.3) is 0 Å². The van der Waals surface area contributed by atoms with Crippen LogP contribution in [0.4, 0.5) is 4.79 Å². The third-order valence-corrected chi connectivity index (χ3v) is 5.54. The number of aliphatic hydroxyl groups excluding tert-OH is 1. The number of amides is 2. The van der Waals surface area contributed by atoms with Gasteiger partial charge in [0, 0.05) is 29.2 Å². The number of nitrogens with one attached hydrogen (secondary N) is 2. The van der Waals surface area contributed by atoms with E-state index in [9.17, 15) is 14.7 Å². The van der Waals surface area contributed by atoms with Crippen LogP contribution in [0.5, 0.6) is 0 Å². The van der Waals surface area contributed by atoms with Crippen molar-refractivity contribution in [2.24, 2.45) is 5.92 Å². The Morgan fingerprint density at radius 2 is 2.03 bits per heavy atom. The topological polar surface area (TPSA) is 108 Å². The smallest absolute Gasteiger partial charge is 0.407 e. The van der Waals surface area contributed by atoms with E-state index in [1.807, 2.05) is 38.1 Å². The number of alkyl carbamates (subject to hydrolysis) is 1. The van der Waals surface area contributed by atoms with E-state index in [1.54, 1.807) is 11.1 Å². The van der Waals surface area contributed by atoms with E-state index in [-0.39, 0.29) is 18.4 Å². The molecule has 0 aliphatic carbocycles. The fourth-order valence-corrected chi connectivity index (χ4v) is 3.73. The molecule has 0 spiro atoms. The minimum Gasteiger partial charge on any atom is -0.453 e. The van der Waals surface area contributed by atoms with Gasteiger partial charge in [0.15, 0.2) is 0 Å². The van der Waals surface area contributed by atoms with Gasteiger partial charge in [0.1, 0.15) is 11.9 Å². The Hall–Kier alpha value is -2.39. The number of halogens is 1. The van der Waals surface area contributed by atoms with E-state index in [2.05, 4.69) is 36.0 Å². The van der Waals surface area contributed by atoms with Crippen LogP contribution in [-0.4, -0.2) is 57.8 Å². The Morgan fingerprint density at radius 3 is 2.66 bits per heavy atom. The molecule has 29 heavy (non-hydrogen) atoms. The number of aromatic amines is 1. The highest BCUT2D eigenvalue weighted by Crippen LogP contribution is 2.33. The molecular formula is C20H25BrN4O4. The van der Waals surface area contributed by atoms with Crippen LogP contribution < -0.4 is 5.32 Å². The zero-order chi connectivity index (χ0) is 21.1. The lowest BCUT2D eigenvalue weighted by Crippen LogP contribution is -2.51. The molecule has 0 saturated carbocycles. The van der Waals surface area contributed by atoms with Gasteiger partial charge in [-0.2, -0.15) is 0 Å². The van der Waals surface area contributed by atoms with Crippen LogP contribution in [0.2, 0.25) is 0 Å². The summed E-state index contributed by atoms with van der Waals surface area (Å²) in [4.78, 5) is 34.2. The second-order valence-electron chi connectivity index (χ2n) is 7.43. The molecule has 1 aliphatic heterocycles. The summed E-state index contributed by atoms with van der Waals surface area (Å²) >= 11 is 3.42. The van der Waals surface area contributed by atoms with E-state index in [0.29, 0.717) is 12.2 Å². The van der Waals surface area contributed by atoms with Gasteiger partial charge in [-0.15, -0.1) is 0 Å². The van der Waals surface area contributed by atoms with E-state index in [4.69, 9.17) is 0 Å². The largest absolute Gasteiger partial charge is 0.453 e. The number of aliphatic hydroxyl groups is 1. The first-order valence-electron chi connectivity index (χ1n) is 9.44. The van der Waals surface area contributed by atoms with E-state index in [0.717, 1.165) is 15.7 Å². The highest BCUT2D eigenvalue weighted by atomic mass is 79.9. The number of likely N-dealkylation sites (tertiary alicyclic amines) is 1. The van der Waals surface area contributed by atoms with Gasteiger partial charge in [0.2, 0.25) is 5.91 Å². The Balaban J connectivity index is 1.84. The average Bonchev–Trinajstić information content (AvgIpc) is 3.32. The quantitative estimate of drug-likeness (QED) is 0.630. The number of hydrogen-bond donors (Lipinski definition) is 3. The molecule has 1 fully saturated rings. The Morgan fingerprint density at radius 1 is 1.34 bits per heavy atom. The number of nitrogens with zero attached hydrogens (tertiary/aromatic N) is 2. The second kappa shape index (κ2) is 8.96. The number of aromatic nitrogens is 2. The number of rotatable bonds is 5. The zero-order valence-corrected chi connectivity index (χ0v) is 18.1. The van der Waals surface area contributed by atoms with Crippen LogP contribution in [0.15, 0.2) is 34.9 Å². The van der Waals surface area contributed by atoms with Gasteiger partial charge < -0.3 is 25.0 Å². The number of hydrogen-bond acceptors (Lipinski definition) is 5. The first-order chi connectivity index (χ1) is 13.8. The minimum atomic E-state index is -0.754. The van der Waals surface area contributed by atoms with Crippen LogP contribution in [0.1, 0.15) is 32.1 Å². The lowest BCUT2D eigenvalue weighted by Gasteiger charge is -2.29. The maximum atomic E-state index is 13.2. The van der Waals surface area contributed by atoms with Crippen molar-refractivity contribution in [2.75, 3.05) is 13.7 Å². The third-order valence-electron chi connectivity index (χ3n) is 5.01. The first kappa shape index (κ1) is 21.3. The zero-order valence-electron chi connectivity index (χ0n) is 16.6. The minimum absolute atomic E-state index is 0.144. The molecule has 0 unspecified atom stereocenters. The summed E-state index contributed by atoms with van der Waals surface area (Å²) < 4.78 is 5.62. The predicted molar refractivity (Wildman–Crippen MR) is 111 cm³/mol. The van der Waals surface area contributed by atoms with Gasteiger partial charge >= 0.3 is 6.09 Å². The van der Waals surface area contributed by atoms with E-state index in [1.165, 1.54) is 7.11 Å². The molecule has 156 valence electrons. The number of carbonyl (C=O) groups excluding carboxylic acids is 2. The molecule has 2 heterocycles. The van der Waals surface area contributed by atoms with E-state index < -0.39 is 24.3 Å². The fraction of sp³-hybridized carbons (Fsp3) is 0.450. The molecule has 1 saturated heterocycles. The Kier molecular flexibility index (Phi) is 6.59. The molecule has 1 aromatic heterocycles. The Labute approximate surface area is 177 Å². The molecule has 3 N–H and O–H groups in total. The lowest BCUT2D eigenvalue weighted by molar-refractivity contribution is -0.135. The van der Waals surface area contributed by atoms with Crippen LogP contribution >= 0.6 is 15.9 Å². The third kappa shape index (κ3) is 4.79. The van der Waals surface area contributed by atoms with E-state index >= 15 is 0 Å². The van der Waals surface area contributed by atoms with Crippen molar-refractivity contribution in [1.82, 2.24) is 20.2 Å². The van der Waals surface area contributed by atoms with Crippen LogP contribution in [0.25, 0.3) is 11.3 Å². The number of H-pyrrole nitrogens is 1. The van der Waals surface area contributed by atoms with Crippen LogP contribution in [0, 0.1) is 5.92 Å². The average molecular weight is 465 g/mol. The number of ether oxygens (including phenoxy) is 1. The van der Waals surface area contributed by atoms with Gasteiger partial charge in [-0.05, 0) is 18.1 Å².